The van der Waals surface area contributed by atoms with Crippen molar-refractivity contribution >= 4 is 23.5 Å². The molecule has 0 bridgehead atoms. The van der Waals surface area contributed by atoms with Gasteiger partial charge in [-0.15, -0.1) is 0 Å². The van der Waals surface area contributed by atoms with Gasteiger partial charge in [0.2, 0.25) is 5.91 Å². The maximum absolute atomic E-state index is 11.6. The second-order valence-corrected chi connectivity index (χ2v) is 4.07. The summed E-state index contributed by atoms with van der Waals surface area (Å²) < 4.78 is 4.58. The van der Waals surface area contributed by atoms with Gasteiger partial charge < -0.3 is 15.2 Å². The van der Waals surface area contributed by atoms with Crippen LogP contribution in [-0.2, 0) is 14.3 Å². The molecule has 1 aromatic rings. The highest BCUT2D eigenvalue weighted by Gasteiger charge is 2.21. The predicted octanol–water partition coefficient (Wildman–Crippen LogP) is 1.44. The number of ether oxygens (including phenoxy) is 1. The van der Waals surface area contributed by atoms with Gasteiger partial charge in [-0.05, 0) is 37.6 Å². The predicted molar refractivity (Wildman–Crippen MR) is 67.9 cm³/mol. The average molecular weight is 265 g/mol. The molecule has 0 aliphatic carbocycles. The first kappa shape index (κ1) is 14.7. The highest BCUT2D eigenvalue weighted by molar-refractivity contribution is 6.04. The van der Waals surface area contributed by atoms with E-state index in [9.17, 15) is 14.4 Å². The Kier molecular flexibility index (Phi) is 4.63. The van der Waals surface area contributed by atoms with Gasteiger partial charge in [0.15, 0.2) is 0 Å². The molecule has 102 valence electrons. The van der Waals surface area contributed by atoms with E-state index >= 15 is 0 Å². The first-order valence-corrected chi connectivity index (χ1v) is 5.59. The lowest BCUT2D eigenvalue weighted by Crippen LogP contribution is -2.27. The number of hydrogen-bond acceptors (Lipinski definition) is 4. The molecule has 0 aromatic heterocycles. The minimum Gasteiger partial charge on any atom is -0.481 e. The van der Waals surface area contributed by atoms with E-state index in [0.717, 1.165) is 0 Å². The monoisotopic (exact) mass is 265 g/mol. The Morgan fingerprint density at radius 1 is 1.32 bits per heavy atom. The molecule has 0 spiro atoms. The molecule has 1 aromatic carbocycles. The number of esters is 1. The maximum Gasteiger partial charge on any atom is 0.337 e. The van der Waals surface area contributed by atoms with Gasteiger partial charge in [0.25, 0.3) is 0 Å². The number of carboxylic acids is 1. The fourth-order valence-corrected chi connectivity index (χ4v) is 1.40. The van der Waals surface area contributed by atoms with Crippen molar-refractivity contribution in [1.29, 1.82) is 0 Å². The number of aryl methyl sites for hydroxylation is 1. The van der Waals surface area contributed by atoms with Crippen molar-refractivity contribution in [2.75, 3.05) is 12.4 Å². The Morgan fingerprint density at radius 2 is 1.95 bits per heavy atom. The topological polar surface area (TPSA) is 92.7 Å². The zero-order chi connectivity index (χ0) is 14.6. The summed E-state index contributed by atoms with van der Waals surface area (Å²) in [4.78, 5) is 33.6. The molecule has 2 N–H and O–H groups in total. The maximum atomic E-state index is 11.6. The third-order valence-electron chi connectivity index (χ3n) is 2.67. The van der Waals surface area contributed by atoms with Crippen LogP contribution in [0.1, 0.15) is 22.8 Å². The standard InChI is InChI=1S/C13H15NO5/c1-7-6-9(13(18)19-3)4-5-10(7)14-11(15)8(2)12(16)17/h4-6,8H,1-3H3,(H,14,15)(H,16,17). The van der Waals surface area contributed by atoms with Gasteiger partial charge in [-0.3, -0.25) is 9.59 Å². The second kappa shape index (κ2) is 5.99. The summed E-state index contributed by atoms with van der Waals surface area (Å²) in [5.41, 5.74) is 1.48. The molecule has 1 atom stereocenters. The summed E-state index contributed by atoms with van der Waals surface area (Å²) in [6.07, 6.45) is 0. The number of nitrogens with one attached hydrogen (secondary N) is 1. The number of carbonyl (C=O) groups excluding carboxylic acids is 2. The van der Waals surface area contributed by atoms with E-state index in [1.807, 2.05) is 0 Å². The average Bonchev–Trinajstić information content (AvgIpc) is 2.38. The summed E-state index contributed by atoms with van der Waals surface area (Å²) in [7, 11) is 1.28. The van der Waals surface area contributed by atoms with Crippen LogP contribution >= 0.6 is 0 Å². The zero-order valence-corrected chi connectivity index (χ0v) is 10.9. The van der Waals surface area contributed by atoms with Gasteiger partial charge >= 0.3 is 11.9 Å². The van der Waals surface area contributed by atoms with E-state index < -0.39 is 23.8 Å². The Hall–Kier alpha value is -2.37. The van der Waals surface area contributed by atoms with Crippen molar-refractivity contribution < 1.29 is 24.2 Å². The van der Waals surface area contributed by atoms with Crippen molar-refractivity contribution in [2.24, 2.45) is 5.92 Å². The van der Waals surface area contributed by atoms with Crippen LogP contribution < -0.4 is 5.32 Å². The Balaban J connectivity index is 2.89. The molecule has 0 saturated carbocycles. The normalized spacial score (nSPS) is 11.5. The molecule has 19 heavy (non-hydrogen) atoms. The van der Waals surface area contributed by atoms with Crippen LogP contribution in [0.3, 0.4) is 0 Å². The van der Waals surface area contributed by atoms with Crippen molar-refractivity contribution in [3.8, 4) is 0 Å². The van der Waals surface area contributed by atoms with Crippen LogP contribution in [0, 0.1) is 12.8 Å². The van der Waals surface area contributed by atoms with Gasteiger partial charge in [-0.25, -0.2) is 4.79 Å². The van der Waals surface area contributed by atoms with Crippen molar-refractivity contribution in [2.45, 2.75) is 13.8 Å². The summed E-state index contributed by atoms with van der Waals surface area (Å²) >= 11 is 0. The van der Waals surface area contributed by atoms with Crippen LogP contribution in [0.5, 0.6) is 0 Å². The first-order chi connectivity index (χ1) is 8.86. The Morgan fingerprint density at radius 3 is 2.42 bits per heavy atom. The van der Waals surface area contributed by atoms with E-state index in [1.54, 1.807) is 13.0 Å². The molecule has 0 aliphatic rings. The largest absolute Gasteiger partial charge is 0.481 e. The SMILES string of the molecule is COC(=O)c1ccc(NC(=O)C(C)C(=O)O)c(C)c1. The van der Waals surface area contributed by atoms with E-state index in [-0.39, 0.29) is 0 Å². The van der Waals surface area contributed by atoms with Gasteiger partial charge in [0, 0.05) is 5.69 Å². The number of benzene rings is 1. The van der Waals surface area contributed by atoms with Gasteiger partial charge in [-0.2, -0.15) is 0 Å². The smallest absolute Gasteiger partial charge is 0.337 e. The Bertz CT molecular complexity index is 524. The molecular formula is C13H15NO5. The van der Waals surface area contributed by atoms with Crippen molar-refractivity contribution in [3.63, 3.8) is 0 Å². The lowest BCUT2D eigenvalue weighted by atomic mass is 10.1. The quantitative estimate of drug-likeness (QED) is 0.634. The van der Waals surface area contributed by atoms with Crippen molar-refractivity contribution in [1.82, 2.24) is 0 Å². The van der Waals surface area contributed by atoms with E-state index in [2.05, 4.69) is 10.1 Å². The molecule has 1 unspecified atom stereocenters. The highest BCUT2D eigenvalue weighted by Crippen LogP contribution is 2.18. The number of methoxy groups -OCH3 is 1. The number of amides is 1. The number of rotatable bonds is 4. The first-order valence-electron chi connectivity index (χ1n) is 5.59. The summed E-state index contributed by atoms with van der Waals surface area (Å²) in [6.45, 7) is 3.00. The van der Waals surface area contributed by atoms with Crippen LogP contribution in [-0.4, -0.2) is 30.1 Å². The van der Waals surface area contributed by atoms with Crippen molar-refractivity contribution in [3.05, 3.63) is 29.3 Å². The molecule has 6 nitrogen and oxygen atoms in total. The summed E-state index contributed by atoms with van der Waals surface area (Å²) in [5, 5.41) is 11.2. The molecule has 0 aliphatic heterocycles. The molecule has 1 rings (SSSR count). The van der Waals surface area contributed by atoms with Crippen LogP contribution in [0.25, 0.3) is 0 Å². The number of carboxylic acid groups (broad SMARTS) is 1. The highest BCUT2D eigenvalue weighted by atomic mass is 16.5. The molecule has 0 fully saturated rings. The number of aliphatic carboxylic acids is 1. The number of anilines is 1. The van der Waals surface area contributed by atoms with E-state index in [1.165, 1.54) is 26.2 Å². The minimum atomic E-state index is -1.19. The van der Waals surface area contributed by atoms with Crippen LogP contribution in [0.15, 0.2) is 18.2 Å². The molecular weight excluding hydrogens is 250 g/mol. The lowest BCUT2D eigenvalue weighted by Gasteiger charge is -2.11. The van der Waals surface area contributed by atoms with E-state index in [4.69, 9.17) is 5.11 Å². The van der Waals surface area contributed by atoms with Crippen LogP contribution in [0.2, 0.25) is 0 Å². The summed E-state index contributed by atoms with van der Waals surface area (Å²) in [6, 6.07) is 4.60. The molecule has 0 radical (unpaired) electrons. The molecule has 6 heteroatoms. The van der Waals surface area contributed by atoms with Crippen LogP contribution in [0.4, 0.5) is 5.69 Å². The second-order valence-electron chi connectivity index (χ2n) is 4.07. The molecule has 0 saturated heterocycles. The number of carbonyl (C=O) groups is 3. The van der Waals surface area contributed by atoms with Gasteiger partial charge in [0.1, 0.15) is 5.92 Å². The van der Waals surface area contributed by atoms with Gasteiger partial charge in [-0.1, -0.05) is 0 Å². The van der Waals surface area contributed by atoms with E-state index in [0.29, 0.717) is 16.8 Å². The fraction of sp³-hybridized carbons (Fsp3) is 0.308. The van der Waals surface area contributed by atoms with Gasteiger partial charge in [0.05, 0.1) is 12.7 Å². The third-order valence-corrected chi connectivity index (χ3v) is 2.67. The third kappa shape index (κ3) is 3.54. The summed E-state index contributed by atoms with van der Waals surface area (Å²) in [5.74, 6) is -3.41. The zero-order valence-electron chi connectivity index (χ0n) is 10.9. The molecule has 1 amide bonds. The minimum absolute atomic E-state index is 0.365. The lowest BCUT2D eigenvalue weighted by molar-refractivity contribution is -0.144. The Labute approximate surface area is 110 Å². The molecule has 0 heterocycles. The number of hydrogen-bond donors (Lipinski definition) is 2. The fourth-order valence-electron chi connectivity index (χ4n) is 1.40.